The van der Waals surface area contributed by atoms with Gasteiger partial charge >= 0.3 is 11.9 Å². The Bertz CT molecular complexity index is 451. The molecule has 0 heterocycles. The van der Waals surface area contributed by atoms with Gasteiger partial charge in [-0.1, -0.05) is 0 Å². The number of esters is 1. The summed E-state index contributed by atoms with van der Waals surface area (Å²) in [5, 5.41) is 8.98. The van der Waals surface area contributed by atoms with Crippen LogP contribution in [0.1, 0.15) is 36.7 Å². The van der Waals surface area contributed by atoms with Crippen LogP contribution >= 0.6 is 0 Å². The number of carbonyl (C=O) groups excluding carboxylic acids is 1. The summed E-state index contributed by atoms with van der Waals surface area (Å²) in [6.45, 7) is 5.02. The summed E-state index contributed by atoms with van der Waals surface area (Å²) in [6, 6.07) is 4.56. The Hall–Kier alpha value is -2.04. The van der Waals surface area contributed by atoms with E-state index in [4.69, 9.17) is 14.6 Å². The number of ether oxygens (including phenoxy) is 2. The molecule has 0 aromatic heterocycles. The Morgan fingerprint density at radius 1 is 1.28 bits per heavy atom. The molecular weight excluding hydrogens is 236 g/mol. The lowest BCUT2D eigenvalue weighted by atomic mass is 10.1. The second-order valence-electron chi connectivity index (χ2n) is 4.12. The normalized spacial score (nSPS) is 10.2. The molecule has 0 spiro atoms. The predicted molar refractivity (Wildman–Crippen MR) is 64.6 cm³/mol. The van der Waals surface area contributed by atoms with E-state index in [1.54, 1.807) is 6.07 Å². The maximum Gasteiger partial charge on any atom is 0.335 e. The molecule has 0 radical (unpaired) electrons. The first-order valence-electron chi connectivity index (χ1n) is 5.55. The molecule has 0 bridgehead atoms. The first-order valence-corrected chi connectivity index (χ1v) is 5.55. The van der Waals surface area contributed by atoms with Gasteiger partial charge in [0.15, 0.2) is 0 Å². The van der Waals surface area contributed by atoms with Crippen molar-refractivity contribution in [1.29, 1.82) is 0 Å². The molecule has 1 aromatic carbocycles. The monoisotopic (exact) mass is 252 g/mol. The van der Waals surface area contributed by atoms with Crippen molar-refractivity contribution in [3.05, 3.63) is 29.3 Å². The van der Waals surface area contributed by atoms with Gasteiger partial charge in [0.2, 0.25) is 0 Å². The number of benzene rings is 1. The predicted octanol–water partition coefficient (Wildman–Crippen LogP) is 2.24. The maximum absolute atomic E-state index is 11.0. The van der Waals surface area contributed by atoms with Crippen molar-refractivity contribution in [2.75, 3.05) is 0 Å². The van der Waals surface area contributed by atoms with Gasteiger partial charge in [-0.15, -0.1) is 0 Å². The number of carboxylic acids is 1. The average Bonchev–Trinajstić information content (AvgIpc) is 2.25. The zero-order chi connectivity index (χ0) is 13.7. The average molecular weight is 252 g/mol. The standard InChI is InChI=1S/C13H16O5/c1-8(2)18-12-5-10(7-17-9(3)14)4-11(6-12)13(15)16/h4-6,8H,7H2,1-3H3,(H,15,16). The number of rotatable bonds is 5. The molecular formula is C13H16O5. The van der Waals surface area contributed by atoms with Crippen LogP contribution in [0.5, 0.6) is 5.75 Å². The minimum atomic E-state index is -1.05. The van der Waals surface area contributed by atoms with E-state index in [0.717, 1.165) is 0 Å². The molecule has 98 valence electrons. The summed E-state index contributed by atoms with van der Waals surface area (Å²) in [5.74, 6) is -1.01. The van der Waals surface area contributed by atoms with Crippen molar-refractivity contribution in [2.45, 2.75) is 33.5 Å². The van der Waals surface area contributed by atoms with Crippen LogP contribution in [0.15, 0.2) is 18.2 Å². The molecule has 0 aliphatic carbocycles. The maximum atomic E-state index is 11.0. The van der Waals surface area contributed by atoms with Crippen molar-refractivity contribution >= 4 is 11.9 Å². The Morgan fingerprint density at radius 3 is 2.44 bits per heavy atom. The van der Waals surface area contributed by atoms with Gasteiger partial charge in [0.25, 0.3) is 0 Å². The second-order valence-corrected chi connectivity index (χ2v) is 4.12. The zero-order valence-corrected chi connectivity index (χ0v) is 10.6. The highest BCUT2D eigenvalue weighted by molar-refractivity contribution is 5.88. The first kappa shape index (κ1) is 14.0. The van der Waals surface area contributed by atoms with Crippen LogP contribution in [0.4, 0.5) is 0 Å². The van der Waals surface area contributed by atoms with E-state index in [9.17, 15) is 9.59 Å². The van der Waals surface area contributed by atoms with Gasteiger partial charge in [-0.3, -0.25) is 4.79 Å². The van der Waals surface area contributed by atoms with Gasteiger partial charge in [-0.25, -0.2) is 4.79 Å². The molecule has 1 N–H and O–H groups in total. The van der Waals surface area contributed by atoms with E-state index >= 15 is 0 Å². The highest BCUT2D eigenvalue weighted by atomic mass is 16.5. The van der Waals surface area contributed by atoms with Crippen LogP contribution in [0, 0.1) is 0 Å². The highest BCUT2D eigenvalue weighted by Crippen LogP contribution is 2.19. The first-order chi connectivity index (χ1) is 8.38. The van der Waals surface area contributed by atoms with Crippen molar-refractivity contribution in [2.24, 2.45) is 0 Å². The minimum Gasteiger partial charge on any atom is -0.491 e. The largest absolute Gasteiger partial charge is 0.491 e. The fourth-order valence-electron chi connectivity index (χ4n) is 1.39. The molecule has 1 aromatic rings. The Kier molecular flexibility index (Phi) is 4.71. The number of carboxylic acid groups (broad SMARTS) is 1. The number of carbonyl (C=O) groups is 2. The van der Waals surface area contributed by atoms with Gasteiger partial charge in [0.05, 0.1) is 11.7 Å². The molecule has 0 amide bonds. The molecule has 0 atom stereocenters. The molecule has 5 nitrogen and oxygen atoms in total. The highest BCUT2D eigenvalue weighted by Gasteiger charge is 2.09. The van der Waals surface area contributed by atoms with Crippen LogP contribution in [-0.4, -0.2) is 23.1 Å². The van der Waals surface area contributed by atoms with Crippen molar-refractivity contribution in [3.8, 4) is 5.75 Å². The Labute approximate surface area is 105 Å². The molecule has 5 heteroatoms. The van der Waals surface area contributed by atoms with E-state index in [0.29, 0.717) is 11.3 Å². The van der Waals surface area contributed by atoms with E-state index in [1.807, 2.05) is 13.8 Å². The summed E-state index contributed by atoms with van der Waals surface area (Å²) in [6.07, 6.45) is -0.0596. The molecule has 0 aliphatic heterocycles. The quantitative estimate of drug-likeness (QED) is 0.813. The van der Waals surface area contributed by atoms with Gasteiger partial charge in [0.1, 0.15) is 12.4 Å². The summed E-state index contributed by atoms with van der Waals surface area (Å²) >= 11 is 0. The number of hydrogen-bond donors (Lipinski definition) is 1. The fourth-order valence-corrected chi connectivity index (χ4v) is 1.39. The van der Waals surface area contributed by atoms with Crippen molar-refractivity contribution in [3.63, 3.8) is 0 Å². The van der Waals surface area contributed by atoms with Crippen LogP contribution in [-0.2, 0) is 16.1 Å². The van der Waals surface area contributed by atoms with Gasteiger partial charge in [-0.05, 0) is 37.6 Å². The molecule has 0 aliphatic rings. The molecule has 0 saturated carbocycles. The summed E-state index contributed by atoms with van der Waals surface area (Å²) in [7, 11) is 0. The molecule has 0 saturated heterocycles. The summed E-state index contributed by atoms with van der Waals surface area (Å²) < 4.78 is 10.3. The summed E-state index contributed by atoms with van der Waals surface area (Å²) in [4.78, 5) is 21.7. The number of hydrogen-bond acceptors (Lipinski definition) is 4. The third-order valence-corrected chi connectivity index (χ3v) is 2.03. The van der Waals surface area contributed by atoms with Crippen molar-refractivity contribution in [1.82, 2.24) is 0 Å². The lowest BCUT2D eigenvalue weighted by Gasteiger charge is -2.12. The van der Waals surface area contributed by atoms with Gasteiger partial charge < -0.3 is 14.6 Å². The zero-order valence-electron chi connectivity index (χ0n) is 10.6. The van der Waals surface area contributed by atoms with E-state index in [-0.39, 0.29) is 18.3 Å². The lowest BCUT2D eigenvalue weighted by molar-refractivity contribution is -0.142. The number of aromatic carboxylic acids is 1. The minimum absolute atomic E-state index is 0.0326. The summed E-state index contributed by atoms with van der Waals surface area (Å²) in [5.41, 5.74) is 0.691. The van der Waals surface area contributed by atoms with Crippen LogP contribution < -0.4 is 4.74 Å². The smallest absolute Gasteiger partial charge is 0.335 e. The van der Waals surface area contributed by atoms with Gasteiger partial charge in [0, 0.05) is 6.92 Å². The van der Waals surface area contributed by atoms with Crippen LogP contribution in [0.25, 0.3) is 0 Å². The topological polar surface area (TPSA) is 72.8 Å². The molecule has 18 heavy (non-hydrogen) atoms. The van der Waals surface area contributed by atoms with Crippen molar-refractivity contribution < 1.29 is 24.2 Å². The lowest BCUT2D eigenvalue weighted by Crippen LogP contribution is -2.08. The van der Waals surface area contributed by atoms with E-state index < -0.39 is 11.9 Å². The van der Waals surface area contributed by atoms with Crippen LogP contribution in [0.3, 0.4) is 0 Å². The molecule has 1 rings (SSSR count). The van der Waals surface area contributed by atoms with E-state index in [1.165, 1.54) is 19.1 Å². The van der Waals surface area contributed by atoms with Crippen LogP contribution in [0.2, 0.25) is 0 Å². The third-order valence-electron chi connectivity index (χ3n) is 2.03. The second kappa shape index (κ2) is 6.05. The van der Waals surface area contributed by atoms with Gasteiger partial charge in [-0.2, -0.15) is 0 Å². The fraction of sp³-hybridized carbons (Fsp3) is 0.385. The Balaban J connectivity index is 2.97. The SMILES string of the molecule is CC(=O)OCc1cc(OC(C)C)cc(C(=O)O)c1. The van der Waals surface area contributed by atoms with E-state index in [2.05, 4.69) is 0 Å². The molecule has 0 unspecified atom stereocenters. The third kappa shape index (κ3) is 4.45. The molecule has 0 fully saturated rings. The Morgan fingerprint density at radius 2 is 1.94 bits per heavy atom.